The van der Waals surface area contributed by atoms with Gasteiger partial charge < -0.3 is 18.7 Å². The fraction of sp³-hybridized carbons (Fsp3) is 0.519. The maximum Gasteiger partial charge on any atom is 0.297 e. The molecular weight excluding hydrogens is 491 g/mol. The smallest absolute Gasteiger partial charge is 0.297 e. The first-order valence-corrected chi connectivity index (χ1v) is 15.9. The molecule has 0 radical (unpaired) electrons. The van der Waals surface area contributed by atoms with Crippen molar-refractivity contribution in [1.29, 1.82) is 0 Å². The molecule has 0 unspecified atom stereocenters. The number of halogens is 1. The molecule has 1 fully saturated rings. The van der Waals surface area contributed by atoms with E-state index in [9.17, 15) is 4.79 Å². The van der Waals surface area contributed by atoms with E-state index < -0.39 is 8.41 Å². The molecule has 1 N–H and O–H groups in total. The summed E-state index contributed by atoms with van der Waals surface area (Å²) in [5, 5.41) is 17.3. The summed E-state index contributed by atoms with van der Waals surface area (Å²) in [6.07, 6.45) is 6.04. The SMILES string of the molecule is COc1cccn(-c2cccc(CC[C@@H]3O[C@H](CCn4cc(CCO)nn4)[C@@H]([Si](C)(C)F)[C@@H]3C)c2)c1=O. The summed E-state index contributed by atoms with van der Waals surface area (Å²) in [6.45, 7) is 6.30. The van der Waals surface area contributed by atoms with Crippen LogP contribution in [0.1, 0.15) is 31.0 Å². The molecule has 0 amide bonds. The molecular formula is C27H37FN4O4Si. The van der Waals surface area contributed by atoms with E-state index in [1.165, 1.54) is 7.11 Å². The predicted molar refractivity (Wildman–Crippen MR) is 143 cm³/mol. The van der Waals surface area contributed by atoms with Crippen LogP contribution >= 0.6 is 0 Å². The molecule has 8 nitrogen and oxygen atoms in total. The zero-order chi connectivity index (χ0) is 26.6. The van der Waals surface area contributed by atoms with E-state index in [0.29, 0.717) is 25.1 Å². The molecule has 0 saturated carbocycles. The maximum atomic E-state index is 15.5. The summed E-state index contributed by atoms with van der Waals surface area (Å²) in [7, 11) is -1.48. The van der Waals surface area contributed by atoms with Crippen LogP contribution in [0.4, 0.5) is 4.11 Å². The van der Waals surface area contributed by atoms with Gasteiger partial charge in [-0.3, -0.25) is 14.0 Å². The molecule has 10 heteroatoms. The molecule has 1 aliphatic rings. The third-order valence-electron chi connectivity index (χ3n) is 7.33. The van der Waals surface area contributed by atoms with Gasteiger partial charge in [-0.05, 0) is 68.1 Å². The number of rotatable bonds is 11. The Morgan fingerprint density at radius 1 is 1.16 bits per heavy atom. The van der Waals surface area contributed by atoms with E-state index in [1.807, 2.05) is 30.5 Å². The summed E-state index contributed by atoms with van der Waals surface area (Å²) >= 11 is 0. The molecule has 0 spiro atoms. The largest absolute Gasteiger partial charge is 0.491 e. The molecule has 3 aromatic rings. The van der Waals surface area contributed by atoms with Gasteiger partial charge in [0.15, 0.2) is 5.75 Å². The first-order valence-electron chi connectivity index (χ1n) is 12.9. The Morgan fingerprint density at radius 2 is 1.97 bits per heavy atom. The standard InChI is InChI=1S/C27H37FN4O4Si/c1-19-23(11-10-20-7-5-8-22(17-20)32-14-6-9-25(35-2)27(32)34)36-24(26(19)37(3,4)28)12-15-31-18-21(13-16-33)29-30-31/h5-9,14,17-19,23-24,26,33H,10-13,15-16H2,1-4H3/t19-,23+,24-,26+/m1/s1. The van der Waals surface area contributed by atoms with Crippen LogP contribution in [0.3, 0.4) is 0 Å². The Bertz CT molecular complexity index is 1240. The lowest BCUT2D eigenvalue weighted by Crippen LogP contribution is -2.36. The van der Waals surface area contributed by atoms with Gasteiger partial charge in [0, 0.05) is 43.2 Å². The monoisotopic (exact) mass is 528 g/mol. The highest BCUT2D eigenvalue weighted by Gasteiger charge is 2.50. The van der Waals surface area contributed by atoms with Crippen LogP contribution in [-0.4, -0.2) is 59.0 Å². The van der Waals surface area contributed by atoms with Gasteiger partial charge in [-0.1, -0.05) is 24.3 Å². The number of hydrogen-bond donors (Lipinski definition) is 1. The lowest BCUT2D eigenvalue weighted by molar-refractivity contribution is 0.0247. The molecule has 200 valence electrons. The lowest BCUT2D eigenvalue weighted by atomic mass is 9.95. The molecule has 37 heavy (non-hydrogen) atoms. The number of hydrogen-bond acceptors (Lipinski definition) is 6. The molecule has 2 aromatic heterocycles. The van der Waals surface area contributed by atoms with Crippen LogP contribution < -0.4 is 10.3 Å². The van der Waals surface area contributed by atoms with Crippen LogP contribution in [-0.2, 0) is 24.1 Å². The summed E-state index contributed by atoms with van der Waals surface area (Å²) in [5.41, 5.74) is 2.32. The van der Waals surface area contributed by atoms with Crippen LogP contribution in [0.15, 0.2) is 53.6 Å². The molecule has 0 bridgehead atoms. The van der Waals surface area contributed by atoms with Crippen molar-refractivity contribution in [3.05, 3.63) is 70.4 Å². The first kappa shape index (κ1) is 27.2. The molecule has 1 aliphatic heterocycles. The maximum absolute atomic E-state index is 15.5. The van der Waals surface area contributed by atoms with Crippen molar-refractivity contribution in [2.24, 2.45) is 5.92 Å². The van der Waals surface area contributed by atoms with Gasteiger partial charge in [-0.25, -0.2) is 0 Å². The Kier molecular flexibility index (Phi) is 8.61. The normalized spacial score (nSPS) is 21.9. The second kappa shape index (κ2) is 11.7. The summed E-state index contributed by atoms with van der Waals surface area (Å²) in [6, 6.07) is 11.3. The van der Waals surface area contributed by atoms with Crippen molar-refractivity contribution in [3.8, 4) is 11.4 Å². The number of pyridine rings is 1. The predicted octanol–water partition coefficient (Wildman–Crippen LogP) is 3.94. The Balaban J connectivity index is 1.43. The minimum Gasteiger partial charge on any atom is -0.491 e. The summed E-state index contributed by atoms with van der Waals surface area (Å²) < 4.78 is 30.5. The number of methoxy groups -OCH3 is 1. The van der Waals surface area contributed by atoms with Gasteiger partial charge in [0.05, 0.1) is 25.0 Å². The molecule has 4 rings (SSSR count). The number of aromatic nitrogens is 4. The van der Waals surface area contributed by atoms with Gasteiger partial charge in [0.1, 0.15) is 0 Å². The highest BCUT2D eigenvalue weighted by molar-refractivity contribution is 6.72. The van der Waals surface area contributed by atoms with Crippen molar-refractivity contribution in [3.63, 3.8) is 0 Å². The second-order valence-corrected chi connectivity index (χ2v) is 14.2. The van der Waals surface area contributed by atoms with Crippen molar-refractivity contribution in [2.75, 3.05) is 13.7 Å². The van der Waals surface area contributed by atoms with Crippen molar-refractivity contribution in [2.45, 2.75) is 70.0 Å². The van der Waals surface area contributed by atoms with E-state index in [1.54, 1.807) is 40.7 Å². The van der Waals surface area contributed by atoms with Gasteiger partial charge >= 0.3 is 0 Å². The van der Waals surface area contributed by atoms with E-state index in [2.05, 4.69) is 17.2 Å². The average Bonchev–Trinajstić information content (AvgIpc) is 3.45. The van der Waals surface area contributed by atoms with Crippen LogP contribution in [0.2, 0.25) is 18.6 Å². The highest BCUT2D eigenvalue weighted by Crippen LogP contribution is 2.47. The Morgan fingerprint density at radius 3 is 2.70 bits per heavy atom. The minimum absolute atomic E-state index is 0.0343. The molecule has 3 heterocycles. The van der Waals surface area contributed by atoms with Gasteiger partial charge in [-0.15, -0.1) is 5.10 Å². The number of aliphatic hydroxyl groups is 1. The molecule has 0 aliphatic carbocycles. The third-order valence-corrected chi connectivity index (χ3v) is 9.81. The highest BCUT2D eigenvalue weighted by atomic mass is 28.4. The van der Waals surface area contributed by atoms with Gasteiger partial charge in [-0.2, -0.15) is 0 Å². The van der Waals surface area contributed by atoms with Gasteiger partial charge in [0.2, 0.25) is 8.41 Å². The van der Waals surface area contributed by atoms with Crippen molar-refractivity contribution < 1.29 is 18.7 Å². The second-order valence-electron chi connectivity index (χ2n) is 10.4. The number of ether oxygens (including phenoxy) is 2. The quantitative estimate of drug-likeness (QED) is 0.299. The van der Waals surface area contributed by atoms with E-state index in [0.717, 1.165) is 29.8 Å². The van der Waals surface area contributed by atoms with Crippen LogP contribution in [0, 0.1) is 5.92 Å². The first-order chi connectivity index (χ1) is 17.7. The van der Waals surface area contributed by atoms with Crippen LogP contribution in [0.5, 0.6) is 5.75 Å². The average molecular weight is 529 g/mol. The fourth-order valence-corrected chi connectivity index (χ4v) is 8.18. The summed E-state index contributed by atoms with van der Waals surface area (Å²) in [4.78, 5) is 12.7. The van der Waals surface area contributed by atoms with Gasteiger partial charge in [0.25, 0.3) is 5.56 Å². The van der Waals surface area contributed by atoms with Crippen molar-refractivity contribution in [1.82, 2.24) is 19.6 Å². The van der Waals surface area contributed by atoms with E-state index in [4.69, 9.17) is 14.6 Å². The third kappa shape index (κ3) is 6.37. The number of benzene rings is 1. The number of aliphatic hydroxyl groups excluding tert-OH is 1. The number of aryl methyl sites for hydroxylation is 2. The Hall–Kier alpha value is -2.82. The molecule has 4 atom stereocenters. The van der Waals surface area contributed by atoms with Crippen LogP contribution in [0.25, 0.3) is 5.69 Å². The zero-order valence-corrected chi connectivity index (χ0v) is 23.0. The zero-order valence-electron chi connectivity index (χ0n) is 22.0. The molecule has 1 aromatic carbocycles. The summed E-state index contributed by atoms with van der Waals surface area (Å²) in [5.74, 6) is 0.410. The van der Waals surface area contributed by atoms with E-state index >= 15 is 4.11 Å². The fourth-order valence-electron chi connectivity index (χ4n) is 5.59. The van der Waals surface area contributed by atoms with E-state index in [-0.39, 0.29) is 35.8 Å². The minimum atomic E-state index is -2.97. The number of nitrogens with zero attached hydrogens (tertiary/aromatic N) is 4. The topological polar surface area (TPSA) is 91.4 Å². The Labute approximate surface area is 218 Å². The van der Waals surface area contributed by atoms with Crippen molar-refractivity contribution >= 4 is 8.41 Å². The molecule has 1 saturated heterocycles. The lowest BCUT2D eigenvalue weighted by Gasteiger charge is -2.28.